The Hall–Kier alpha value is -2.55. The van der Waals surface area contributed by atoms with Gasteiger partial charge < -0.3 is 10.2 Å². The summed E-state index contributed by atoms with van der Waals surface area (Å²) in [5, 5.41) is 16.3. The van der Waals surface area contributed by atoms with E-state index in [1.807, 2.05) is 18.2 Å². The third-order valence-corrected chi connectivity index (χ3v) is 2.94. The lowest BCUT2D eigenvalue weighted by Gasteiger charge is -2.05. The van der Waals surface area contributed by atoms with Crippen LogP contribution >= 0.6 is 0 Å². The van der Waals surface area contributed by atoms with Crippen LogP contribution in [0.4, 0.5) is 0 Å². The van der Waals surface area contributed by atoms with Crippen molar-refractivity contribution in [2.24, 2.45) is 0 Å². The summed E-state index contributed by atoms with van der Waals surface area (Å²) < 4.78 is 0. The molecular weight excluding hydrogens is 264 g/mol. The normalized spacial score (nSPS) is 9.38. The second kappa shape index (κ2) is 8.59. The molecule has 0 spiro atoms. The van der Waals surface area contributed by atoms with Crippen molar-refractivity contribution >= 4 is 5.97 Å². The van der Waals surface area contributed by atoms with E-state index in [4.69, 9.17) is 10.2 Å². The number of rotatable bonds is 4. The number of aliphatic hydroxyl groups is 1. The molecule has 0 radical (unpaired) electrons. The van der Waals surface area contributed by atoms with Gasteiger partial charge in [0.2, 0.25) is 0 Å². The molecule has 3 nitrogen and oxygen atoms in total. The fourth-order valence-corrected chi connectivity index (χ4v) is 1.98. The Morgan fingerprint density at radius 2 is 1.76 bits per heavy atom. The second-order valence-electron chi connectivity index (χ2n) is 4.52. The van der Waals surface area contributed by atoms with E-state index in [2.05, 4.69) is 25.6 Å². The molecular formula is C18H20O3. The van der Waals surface area contributed by atoms with Gasteiger partial charge in [-0.1, -0.05) is 56.3 Å². The fraction of sp³-hybridized carbons (Fsp3) is 0.167. The third kappa shape index (κ3) is 5.15. The van der Waals surface area contributed by atoms with Gasteiger partial charge in [0.25, 0.3) is 0 Å². The Kier molecular flexibility index (Phi) is 6.75. The van der Waals surface area contributed by atoms with E-state index in [-0.39, 0.29) is 0 Å². The third-order valence-electron chi connectivity index (χ3n) is 2.94. The number of aryl methyl sites for hydroxylation is 1. The first-order chi connectivity index (χ1) is 10.1. The average molecular weight is 284 g/mol. The van der Waals surface area contributed by atoms with Crippen LogP contribution in [0, 0.1) is 0 Å². The number of carboxylic acid groups (broad SMARTS) is 1. The number of hydrogen-bond donors (Lipinski definition) is 2. The van der Waals surface area contributed by atoms with Gasteiger partial charge in [0.1, 0.15) is 0 Å². The number of carboxylic acids is 1. The summed E-state index contributed by atoms with van der Waals surface area (Å²) in [6.07, 6.45) is 2.96. The zero-order valence-electron chi connectivity index (χ0n) is 12.1. The van der Waals surface area contributed by atoms with Crippen LogP contribution in [0.25, 0.3) is 11.1 Å². The fourth-order valence-electron chi connectivity index (χ4n) is 1.98. The summed E-state index contributed by atoms with van der Waals surface area (Å²) in [5.74, 6) is -0.889. The molecule has 0 aliphatic heterocycles. The van der Waals surface area contributed by atoms with Crippen LogP contribution in [-0.4, -0.2) is 16.2 Å². The molecule has 2 aromatic carbocycles. The molecule has 2 N–H and O–H groups in total. The minimum atomic E-state index is -0.889. The highest BCUT2D eigenvalue weighted by molar-refractivity contribution is 5.89. The van der Waals surface area contributed by atoms with Crippen LogP contribution in [0.1, 0.15) is 29.3 Å². The molecule has 110 valence electrons. The van der Waals surface area contributed by atoms with Crippen molar-refractivity contribution in [2.75, 3.05) is 0 Å². The highest BCUT2D eigenvalue weighted by atomic mass is 16.4. The standard InChI is InChI=1S/C16H16O2.C2H4O/c1-2-4-12-7-9-13(10-8-12)14-5-3-6-15(11-14)16(17)18;1-2-3/h3,5-11H,2,4H2,1H3,(H,17,18);2-3H,1H2. The van der Waals surface area contributed by atoms with Crippen molar-refractivity contribution < 1.29 is 15.0 Å². The number of carbonyl (C=O) groups is 1. The Morgan fingerprint density at radius 1 is 1.14 bits per heavy atom. The largest absolute Gasteiger partial charge is 0.516 e. The number of aliphatic hydroxyl groups excluding tert-OH is 1. The van der Waals surface area contributed by atoms with E-state index in [0.29, 0.717) is 5.56 Å². The van der Waals surface area contributed by atoms with Gasteiger partial charge in [-0.2, -0.15) is 0 Å². The molecule has 21 heavy (non-hydrogen) atoms. The van der Waals surface area contributed by atoms with E-state index in [9.17, 15) is 4.79 Å². The highest BCUT2D eigenvalue weighted by Crippen LogP contribution is 2.21. The Bertz CT molecular complexity index is 586. The first-order valence-electron chi connectivity index (χ1n) is 6.80. The SMILES string of the molecule is C=CO.CCCc1ccc(-c2cccc(C(=O)O)c2)cc1. The summed E-state index contributed by atoms with van der Waals surface area (Å²) in [6.45, 7) is 5.07. The summed E-state index contributed by atoms with van der Waals surface area (Å²) in [5.41, 5.74) is 3.64. The minimum absolute atomic E-state index is 0.324. The quantitative estimate of drug-likeness (QED) is 0.801. The molecule has 0 saturated heterocycles. The van der Waals surface area contributed by atoms with Gasteiger partial charge in [-0.25, -0.2) is 4.79 Å². The van der Waals surface area contributed by atoms with Crippen LogP contribution in [0.5, 0.6) is 0 Å². The second-order valence-corrected chi connectivity index (χ2v) is 4.52. The average Bonchev–Trinajstić information content (AvgIpc) is 2.49. The van der Waals surface area contributed by atoms with Gasteiger partial charge in [0.15, 0.2) is 0 Å². The van der Waals surface area contributed by atoms with Gasteiger partial charge in [-0.15, -0.1) is 0 Å². The molecule has 0 bridgehead atoms. The predicted octanol–water partition coefficient (Wildman–Crippen LogP) is 4.69. The monoisotopic (exact) mass is 284 g/mol. The van der Waals surface area contributed by atoms with E-state index in [1.165, 1.54) is 5.56 Å². The lowest BCUT2D eigenvalue weighted by atomic mass is 10.0. The predicted molar refractivity (Wildman–Crippen MR) is 85.7 cm³/mol. The van der Waals surface area contributed by atoms with Crippen molar-refractivity contribution in [2.45, 2.75) is 19.8 Å². The molecule has 0 heterocycles. The van der Waals surface area contributed by atoms with Gasteiger partial charge >= 0.3 is 5.97 Å². The first kappa shape index (κ1) is 16.5. The smallest absolute Gasteiger partial charge is 0.335 e. The van der Waals surface area contributed by atoms with Crippen molar-refractivity contribution in [1.29, 1.82) is 0 Å². The van der Waals surface area contributed by atoms with Crippen molar-refractivity contribution in [1.82, 2.24) is 0 Å². The van der Waals surface area contributed by atoms with E-state index < -0.39 is 5.97 Å². The lowest BCUT2D eigenvalue weighted by Crippen LogP contribution is -1.95. The summed E-state index contributed by atoms with van der Waals surface area (Å²) in [7, 11) is 0. The topological polar surface area (TPSA) is 57.5 Å². The molecule has 0 saturated carbocycles. The van der Waals surface area contributed by atoms with Crippen LogP contribution in [0.3, 0.4) is 0 Å². The summed E-state index contributed by atoms with van der Waals surface area (Å²) >= 11 is 0. The number of aromatic carboxylic acids is 1. The van der Waals surface area contributed by atoms with Crippen molar-refractivity contribution in [3.63, 3.8) is 0 Å². The molecule has 0 atom stereocenters. The maximum Gasteiger partial charge on any atom is 0.335 e. The van der Waals surface area contributed by atoms with Crippen LogP contribution in [0.15, 0.2) is 61.4 Å². The van der Waals surface area contributed by atoms with Gasteiger partial charge in [-0.3, -0.25) is 0 Å². The lowest BCUT2D eigenvalue weighted by molar-refractivity contribution is 0.0697. The van der Waals surface area contributed by atoms with Crippen molar-refractivity contribution in [3.05, 3.63) is 72.5 Å². The molecule has 3 heteroatoms. The Morgan fingerprint density at radius 3 is 2.29 bits per heavy atom. The van der Waals surface area contributed by atoms with Gasteiger partial charge in [-0.05, 0) is 35.2 Å². The summed E-state index contributed by atoms with van der Waals surface area (Å²) in [4.78, 5) is 10.9. The summed E-state index contributed by atoms with van der Waals surface area (Å²) in [6, 6.07) is 15.3. The Balaban J connectivity index is 0.000000677. The molecule has 0 aliphatic carbocycles. The molecule has 2 rings (SSSR count). The van der Waals surface area contributed by atoms with Gasteiger partial charge in [0, 0.05) is 0 Å². The maximum absolute atomic E-state index is 10.9. The first-order valence-corrected chi connectivity index (χ1v) is 6.80. The molecule has 0 unspecified atom stereocenters. The van der Waals surface area contributed by atoms with Crippen LogP contribution < -0.4 is 0 Å². The van der Waals surface area contributed by atoms with Crippen LogP contribution in [0.2, 0.25) is 0 Å². The van der Waals surface area contributed by atoms with E-state index >= 15 is 0 Å². The molecule has 0 fully saturated rings. The van der Waals surface area contributed by atoms with E-state index in [1.54, 1.807) is 18.2 Å². The molecule has 0 amide bonds. The zero-order chi connectivity index (χ0) is 15.7. The zero-order valence-corrected chi connectivity index (χ0v) is 12.1. The molecule has 0 aliphatic rings. The number of benzene rings is 2. The Labute approximate surface area is 125 Å². The minimum Gasteiger partial charge on any atom is -0.516 e. The van der Waals surface area contributed by atoms with E-state index in [0.717, 1.165) is 30.2 Å². The molecule has 2 aromatic rings. The maximum atomic E-state index is 10.9. The molecule has 0 aromatic heterocycles. The van der Waals surface area contributed by atoms with Gasteiger partial charge in [0.05, 0.1) is 11.8 Å². The highest BCUT2D eigenvalue weighted by Gasteiger charge is 2.04. The number of hydrogen-bond acceptors (Lipinski definition) is 2. The van der Waals surface area contributed by atoms with Crippen molar-refractivity contribution in [3.8, 4) is 11.1 Å². The van der Waals surface area contributed by atoms with Crippen LogP contribution in [-0.2, 0) is 6.42 Å².